The summed E-state index contributed by atoms with van der Waals surface area (Å²) in [6, 6.07) is 7.71. The third-order valence-electron chi connectivity index (χ3n) is 3.41. The molecular formula is C14H19ClO. The van der Waals surface area contributed by atoms with E-state index in [1.807, 2.05) is 24.3 Å². The molecule has 88 valence electrons. The van der Waals surface area contributed by atoms with Crippen LogP contribution < -0.4 is 4.74 Å². The van der Waals surface area contributed by atoms with Crippen molar-refractivity contribution in [3.05, 3.63) is 29.3 Å². The summed E-state index contributed by atoms with van der Waals surface area (Å²) >= 11 is 5.94. The monoisotopic (exact) mass is 238 g/mol. The average molecular weight is 239 g/mol. The first kappa shape index (κ1) is 11.8. The lowest BCUT2D eigenvalue weighted by Gasteiger charge is -2.29. The molecule has 0 radical (unpaired) electrons. The summed E-state index contributed by atoms with van der Waals surface area (Å²) in [5, 5.41) is 0.750. The Morgan fingerprint density at radius 2 is 2.25 bits per heavy atom. The molecule has 2 heteroatoms. The minimum absolute atomic E-state index is 0.386. The Hall–Kier alpha value is -0.690. The van der Waals surface area contributed by atoms with Gasteiger partial charge in [-0.1, -0.05) is 37.4 Å². The van der Waals surface area contributed by atoms with Crippen molar-refractivity contribution in [2.45, 2.75) is 45.1 Å². The van der Waals surface area contributed by atoms with E-state index in [4.69, 9.17) is 16.3 Å². The van der Waals surface area contributed by atoms with Gasteiger partial charge < -0.3 is 4.74 Å². The molecule has 0 N–H and O–H groups in total. The van der Waals surface area contributed by atoms with Gasteiger partial charge in [-0.05, 0) is 43.4 Å². The molecular weight excluding hydrogens is 220 g/mol. The van der Waals surface area contributed by atoms with Crippen LogP contribution in [-0.2, 0) is 0 Å². The molecule has 1 aliphatic carbocycles. The second-order valence-corrected chi connectivity index (χ2v) is 5.07. The molecule has 0 aromatic heterocycles. The summed E-state index contributed by atoms with van der Waals surface area (Å²) < 4.78 is 5.98. The molecule has 0 amide bonds. The van der Waals surface area contributed by atoms with Crippen LogP contribution in [0.5, 0.6) is 5.75 Å². The Balaban J connectivity index is 1.94. The van der Waals surface area contributed by atoms with Crippen LogP contribution in [-0.4, -0.2) is 6.10 Å². The highest BCUT2D eigenvalue weighted by Gasteiger charge is 2.21. The molecule has 0 spiro atoms. The molecule has 1 aromatic rings. The molecule has 0 aliphatic heterocycles. The van der Waals surface area contributed by atoms with Crippen LogP contribution in [0.4, 0.5) is 0 Å². The Kier molecular flexibility index (Phi) is 4.11. The number of benzene rings is 1. The van der Waals surface area contributed by atoms with Gasteiger partial charge in [-0.25, -0.2) is 0 Å². The fourth-order valence-corrected chi connectivity index (χ4v) is 2.63. The van der Waals surface area contributed by atoms with Gasteiger partial charge in [0.2, 0.25) is 0 Å². The van der Waals surface area contributed by atoms with E-state index in [9.17, 15) is 0 Å². The molecule has 0 bridgehead atoms. The Labute approximate surface area is 103 Å². The van der Waals surface area contributed by atoms with E-state index in [0.717, 1.165) is 16.7 Å². The van der Waals surface area contributed by atoms with Crippen LogP contribution in [0.15, 0.2) is 24.3 Å². The predicted octanol–water partition coefficient (Wildman–Crippen LogP) is 4.69. The van der Waals surface area contributed by atoms with Crippen molar-refractivity contribution in [2.75, 3.05) is 0 Å². The molecule has 0 heterocycles. The molecule has 0 saturated heterocycles. The van der Waals surface area contributed by atoms with Gasteiger partial charge >= 0.3 is 0 Å². The van der Waals surface area contributed by atoms with Crippen LogP contribution in [0.2, 0.25) is 5.02 Å². The zero-order valence-corrected chi connectivity index (χ0v) is 10.5. The van der Waals surface area contributed by atoms with Crippen molar-refractivity contribution in [1.29, 1.82) is 0 Å². The van der Waals surface area contributed by atoms with Crippen LogP contribution in [0.25, 0.3) is 0 Å². The van der Waals surface area contributed by atoms with E-state index < -0.39 is 0 Å². The summed E-state index contributed by atoms with van der Waals surface area (Å²) in [5.41, 5.74) is 0. The summed E-state index contributed by atoms with van der Waals surface area (Å²) in [7, 11) is 0. The smallest absolute Gasteiger partial charge is 0.121 e. The van der Waals surface area contributed by atoms with Crippen LogP contribution in [0.1, 0.15) is 39.0 Å². The molecule has 1 aliphatic rings. The largest absolute Gasteiger partial charge is 0.490 e. The molecule has 1 aromatic carbocycles. The summed E-state index contributed by atoms with van der Waals surface area (Å²) in [5.74, 6) is 1.76. The van der Waals surface area contributed by atoms with Gasteiger partial charge in [0, 0.05) is 5.02 Å². The standard InChI is InChI=1S/C14H19ClO/c1-2-11-5-3-7-13(9-11)16-14-8-4-6-12(15)10-14/h4,6,8,10-11,13H,2-3,5,7,9H2,1H3. The van der Waals surface area contributed by atoms with Crippen molar-refractivity contribution in [3.63, 3.8) is 0 Å². The van der Waals surface area contributed by atoms with Crippen LogP contribution >= 0.6 is 11.6 Å². The maximum atomic E-state index is 5.98. The lowest BCUT2D eigenvalue weighted by Crippen LogP contribution is -2.25. The van der Waals surface area contributed by atoms with Gasteiger partial charge in [-0.3, -0.25) is 0 Å². The highest BCUT2D eigenvalue weighted by atomic mass is 35.5. The van der Waals surface area contributed by atoms with E-state index in [-0.39, 0.29) is 0 Å². The maximum Gasteiger partial charge on any atom is 0.121 e. The number of halogens is 1. The minimum atomic E-state index is 0.386. The predicted molar refractivity (Wildman–Crippen MR) is 68.1 cm³/mol. The Bertz CT molecular complexity index is 337. The highest BCUT2D eigenvalue weighted by molar-refractivity contribution is 6.30. The number of rotatable bonds is 3. The van der Waals surface area contributed by atoms with Crippen LogP contribution in [0.3, 0.4) is 0 Å². The molecule has 2 unspecified atom stereocenters. The number of hydrogen-bond donors (Lipinski definition) is 0. The van der Waals surface area contributed by atoms with Crippen molar-refractivity contribution in [1.82, 2.24) is 0 Å². The fourth-order valence-electron chi connectivity index (χ4n) is 2.45. The maximum absolute atomic E-state index is 5.98. The zero-order chi connectivity index (χ0) is 11.4. The highest BCUT2D eigenvalue weighted by Crippen LogP contribution is 2.30. The van der Waals surface area contributed by atoms with Gasteiger partial charge in [0.05, 0.1) is 6.10 Å². The quantitative estimate of drug-likeness (QED) is 0.743. The average Bonchev–Trinajstić information content (AvgIpc) is 2.29. The van der Waals surface area contributed by atoms with Crippen molar-refractivity contribution < 1.29 is 4.74 Å². The number of ether oxygens (including phenoxy) is 1. The van der Waals surface area contributed by atoms with E-state index in [2.05, 4.69) is 6.92 Å². The molecule has 1 saturated carbocycles. The lowest BCUT2D eigenvalue weighted by molar-refractivity contribution is 0.122. The topological polar surface area (TPSA) is 9.23 Å². The number of hydrogen-bond acceptors (Lipinski definition) is 1. The first-order valence-electron chi connectivity index (χ1n) is 6.20. The third kappa shape index (κ3) is 3.15. The first-order chi connectivity index (χ1) is 7.78. The van der Waals surface area contributed by atoms with Gasteiger partial charge in [0.15, 0.2) is 0 Å². The molecule has 1 fully saturated rings. The first-order valence-corrected chi connectivity index (χ1v) is 6.58. The van der Waals surface area contributed by atoms with E-state index in [1.54, 1.807) is 0 Å². The van der Waals surface area contributed by atoms with E-state index >= 15 is 0 Å². The normalized spacial score (nSPS) is 25.4. The fraction of sp³-hybridized carbons (Fsp3) is 0.571. The molecule has 2 rings (SSSR count). The van der Waals surface area contributed by atoms with E-state index in [0.29, 0.717) is 6.10 Å². The van der Waals surface area contributed by atoms with Crippen molar-refractivity contribution >= 4 is 11.6 Å². The summed E-state index contributed by atoms with van der Waals surface area (Å²) in [6.45, 7) is 2.27. The van der Waals surface area contributed by atoms with Crippen molar-refractivity contribution in [3.8, 4) is 5.75 Å². The van der Waals surface area contributed by atoms with Crippen LogP contribution in [0, 0.1) is 5.92 Å². The van der Waals surface area contributed by atoms with E-state index in [1.165, 1.54) is 32.1 Å². The second kappa shape index (κ2) is 5.58. The Morgan fingerprint density at radius 1 is 1.38 bits per heavy atom. The van der Waals surface area contributed by atoms with Gasteiger partial charge in [-0.15, -0.1) is 0 Å². The molecule has 16 heavy (non-hydrogen) atoms. The minimum Gasteiger partial charge on any atom is -0.490 e. The Morgan fingerprint density at radius 3 is 3.00 bits per heavy atom. The van der Waals surface area contributed by atoms with Gasteiger partial charge in [-0.2, -0.15) is 0 Å². The lowest BCUT2D eigenvalue weighted by atomic mass is 9.85. The molecule has 1 nitrogen and oxygen atoms in total. The SMILES string of the molecule is CCC1CCCC(Oc2cccc(Cl)c2)C1. The van der Waals surface area contributed by atoms with Crippen molar-refractivity contribution in [2.24, 2.45) is 5.92 Å². The summed E-state index contributed by atoms with van der Waals surface area (Å²) in [6.07, 6.45) is 6.70. The van der Waals surface area contributed by atoms with Gasteiger partial charge in [0.1, 0.15) is 5.75 Å². The third-order valence-corrected chi connectivity index (χ3v) is 3.65. The molecule has 2 atom stereocenters. The summed E-state index contributed by atoms with van der Waals surface area (Å²) in [4.78, 5) is 0. The second-order valence-electron chi connectivity index (χ2n) is 4.64. The zero-order valence-electron chi connectivity index (χ0n) is 9.79. The van der Waals surface area contributed by atoms with Gasteiger partial charge in [0.25, 0.3) is 0 Å².